The fourth-order valence-electron chi connectivity index (χ4n) is 2.87. The van der Waals surface area contributed by atoms with Crippen LogP contribution in [0, 0.1) is 0 Å². The minimum Gasteiger partial charge on any atom is -0.324 e. The van der Waals surface area contributed by atoms with Crippen LogP contribution < -0.4 is 5.32 Å². The van der Waals surface area contributed by atoms with Crippen molar-refractivity contribution < 1.29 is 4.79 Å². The van der Waals surface area contributed by atoms with Crippen molar-refractivity contribution in [2.75, 3.05) is 11.1 Å². The van der Waals surface area contributed by atoms with Crippen molar-refractivity contribution in [3.05, 3.63) is 58.1 Å². The normalized spacial score (nSPS) is 11.5. The van der Waals surface area contributed by atoms with E-state index in [9.17, 15) is 4.79 Å². The Hall–Kier alpha value is -2.02. The maximum atomic E-state index is 12.2. The Morgan fingerprint density at radius 3 is 2.30 bits per heavy atom. The van der Waals surface area contributed by atoms with Crippen molar-refractivity contribution in [3.63, 3.8) is 0 Å². The molecule has 0 atom stereocenters. The highest BCUT2D eigenvalue weighted by molar-refractivity contribution is 7.99. The van der Waals surface area contributed by atoms with Crippen molar-refractivity contribution in [2.45, 2.75) is 37.8 Å². The summed E-state index contributed by atoms with van der Waals surface area (Å²) in [4.78, 5) is 12.2. The zero-order chi connectivity index (χ0) is 21.9. The number of amides is 1. The molecule has 0 unspecified atom stereocenters. The first-order valence-corrected chi connectivity index (χ1v) is 11.3. The molecule has 158 valence electrons. The number of halogens is 2. The van der Waals surface area contributed by atoms with Crippen LogP contribution in [0.15, 0.2) is 47.6 Å². The zero-order valence-electron chi connectivity index (χ0n) is 17.4. The van der Waals surface area contributed by atoms with Gasteiger partial charge in [-0.3, -0.25) is 4.79 Å². The smallest absolute Gasteiger partial charge is 0.225 e. The molecule has 3 aromatic rings. The van der Waals surface area contributed by atoms with Crippen LogP contribution in [-0.2, 0) is 17.3 Å². The Bertz CT molecular complexity index is 1020. The summed E-state index contributed by atoms with van der Waals surface area (Å²) in [6.45, 7) is 6.57. The summed E-state index contributed by atoms with van der Waals surface area (Å²) >= 11 is 13.7. The third kappa shape index (κ3) is 5.36. The van der Waals surface area contributed by atoms with Gasteiger partial charge in [0.05, 0.1) is 15.7 Å². The molecule has 0 saturated heterocycles. The standard InChI is InChI=1S/C22H24Cl2N4OS/c1-22(2,3)15-10-8-14(9-11-15)20-26-27-21(28(20)4)30-13-12-18(29)25-19-16(23)6-5-7-17(19)24/h5-11H,12-13H2,1-4H3,(H,25,29). The molecule has 0 radical (unpaired) electrons. The number of benzene rings is 2. The van der Waals surface area contributed by atoms with E-state index in [1.165, 1.54) is 17.3 Å². The van der Waals surface area contributed by atoms with Gasteiger partial charge in [0.15, 0.2) is 11.0 Å². The molecule has 0 aliphatic carbocycles. The first-order chi connectivity index (χ1) is 14.2. The Morgan fingerprint density at radius 2 is 1.70 bits per heavy atom. The summed E-state index contributed by atoms with van der Waals surface area (Å²) in [7, 11) is 1.93. The van der Waals surface area contributed by atoms with Crippen LogP contribution in [0.3, 0.4) is 0 Å². The number of rotatable bonds is 6. The molecule has 1 aromatic heterocycles. The molecule has 0 fully saturated rings. The number of nitrogens with zero attached hydrogens (tertiary/aromatic N) is 3. The van der Waals surface area contributed by atoms with E-state index in [2.05, 4.69) is 60.6 Å². The SMILES string of the molecule is Cn1c(SCCC(=O)Nc2c(Cl)cccc2Cl)nnc1-c1ccc(C(C)(C)C)cc1. The average Bonchev–Trinajstić information content (AvgIpc) is 3.05. The van der Waals surface area contributed by atoms with Gasteiger partial charge in [-0.25, -0.2) is 0 Å². The van der Waals surface area contributed by atoms with E-state index in [0.717, 1.165) is 16.5 Å². The molecule has 2 aromatic carbocycles. The van der Waals surface area contributed by atoms with Crippen molar-refractivity contribution in [1.82, 2.24) is 14.8 Å². The molecule has 8 heteroatoms. The van der Waals surface area contributed by atoms with Crippen LogP contribution in [0.4, 0.5) is 5.69 Å². The highest BCUT2D eigenvalue weighted by atomic mass is 35.5. The Morgan fingerprint density at radius 1 is 1.07 bits per heavy atom. The molecule has 0 aliphatic rings. The van der Waals surface area contributed by atoms with Crippen molar-refractivity contribution >= 4 is 46.6 Å². The van der Waals surface area contributed by atoms with Gasteiger partial charge in [0, 0.05) is 24.8 Å². The van der Waals surface area contributed by atoms with Crippen LogP contribution in [-0.4, -0.2) is 26.4 Å². The largest absolute Gasteiger partial charge is 0.324 e. The summed E-state index contributed by atoms with van der Waals surface area (Å²) in [6, 6.07) is 13.5. The molecular weight excluding hydrogens is 439 g/mol. The summed E-state index contributed by atoms with van der Waals surface area (Å²) < 4.78 is 1.94. The minimum atomic E-state index is -0.155. The van der Waals surface area contributed by atoms with Crippen LogP contribution >= 0.6 is 35.0 Å². The molecular formula is C22H24Cl2N4OS. The van der Waals surface area contributed by atoms with Gasteiger partial charge in [-0.15, -0.1) is 10.2 Å². The monoisotopic (exact) mass is 462 g/mol. The molecule has 0 spiro atoms. The maximum Gasteiger partial charge on any atom is 0.225 e. The minimum absolute atomic E-state index is 0.105. The van der Waals surface area contributed by atoms with E-state index < -0.39 is 0 Å². The van der Waals surface area contributed by atoms with Gasteiger partial charge in [-0.2, -0.15) is 0 Å². The summed E-state index contributed by atoms with van der Waals surface area (Å²) in [5.74, 6) is 1.20. The maximum absolute atomic E-state index is 12.2. The van der Waals surface area contributed by atoms with Gasteiger partial charge >= 0.3 is 0 Å². The second-order valence-electron chi connectivity index (χ2n) is 7.94. The topological polar surface area (TPSA) is 59.8 Å². The molecule has 0 aliphatic heterocycles. The third-order valence-corrected chi connectivity index (χ3v) is 6.28. The summed E-state index contributed by atoms with van der Waals surface area (Å²) in [5.41, 5.74) is 2.83. The van der Waals surface area contributed by atoms with E-state index in [4.69, 9.17) is 23.2 Å². The van der Waals surface area contributed by atoms with Crippen LogP contribution in [0.2, 0.25) is 10.0 Å². The number of hydrogen-bond acceptors (Lipinski definition) is 4. The summed E-state index contributed by atoms with van der Waals surface area (Å²) in [6.07, 6.45) is 0.300. The van der Waals surface area contributed by atoms with Crippen LogP contribution in [0.5, 0.6) is 0 Å². The number of para-hydroxylation sites is 1. The molecule has 1 amide bonds. The molecule has 5 nitrogen and oxygen atoms in total. The third-order valence-electron chi connectivity index (χ3n) is 4.63. The van der Waals surface area contributed by atoms with E-state index in [-0.39, 0.29) is 11.3 Å². The number of thioether (sulfide) groups is 1. The van der Waals surface area contributed by atoms with Gasteiger partial charge in [-0.05, 0) is 23.1 Å². The number of nitrogens with one attached hydrogen (secondary N) is 1. The first kappa shape index (κ1) is 22.7. The van der Waals surface area contributed by atoms with E-state index in [1.54, 1.807) is 18.2 Å². The van der Waals surface area contributed by atoms with Gasteiger partial charge in [0.2, 0.25) is 5.91 Å². The number of carbonyl (C=O) groups excluding carboxylic acids is 1. The molecule has 30 heavy (non-hydrogen) atoms. The van der Waals surface area contributed by atoms with Crippen molar-refractivity contribution in [2.24, 2.45) is 7.05 Å². The predicted molar refractivity (Wildman–Crippen MR) is 126 cm³/mol. The lowest BCUT2D eigenvalue weighted by atomic mass is 9.87. The zero-order valence-corrected chi connectivity index (χ0v) is 19.7. The fraction of sp³-hybridized carbons (Fsp3) is 0.318. The highest BCUT2D eigenvalue weighted by Crippen LogP contribution is 2.30. The van der Waals surface area contributed by atoms with Crippen LogP contribution in [0.25, 0.3) is 11.4 Å². The van der Waals surface area contributed by atoms with E-state index in [1.807, 2.05) is 11.6 Å². The van der Waals surface area contributed by atoms with Crippen LogP contribution in [0.1, 0.15) is 32.8 Å². The molecule has 0 bridgehead atoms. The lowest BCUT2D eigenvalue weighted by Gasteiger charge is -2.19. The number of anilines is 1. The molecule has 0 saturated carbocycles. The summed E-state index contributed by atoms with van der Waals surface area (Å²) in [5, 5.41) is 13.0. The average molecular weight is 463 g/mol. The Labute approximate surface area is 191 Å². The van der Waals surface area contributed by atoms with E-state index >= 15 is 0 Å². The lowest BCUT2D eigenvalue weighted by Crippen LogP contribution is -2.13. The fourth-order valence-corrected chi connectivity index (χ4v) is 4.21. The molecule has 3 rings (SSSR count). The number of carbonyl (C=O) groups is 1. The van der Waals surface area contributed by atoms with Crippen molar-refractivity contribution in [1.29, 1.82) is 0 Å². The highest BCUT2D eigenvalue weighted by Gasteiger charge is 2.16. The Balaban J connectivity index is 1.60. The van der Waals surface area contributed by atoms with Gasteiger partial charge < -0.3 is 9.88 Å². The van der Waals surface area contributed by atoms with Gasteiger partial charge in [-0.1, -0.05) is 86.1 Å². The quantitative estimate of drug-likeness (QED) is 0.442. The van der Waals surface area contributed by atoms with Gasteiger partial charge in [0.25, 0.3) is 0 Å². The van der Waals surface area contributed by atoms with Crippen molar-refractivity contribution in [3.8, 4) is 11.4 Å². The number of hydrogen-bond donors (Lipinski definition) is 1. The second kappa shape index (κ2) is 9.41. The molecule has 1 heterocycles. The molecule has 1 N–H and O–H groups in total. The lowest BCUT2D eigenvalue weighted by molar-refractivity contribution is -0.115. The predicted octanol–water partition coefficient (Wildman–Crippen LogP) is 6.21. The van der Waals surface area contributed by atoms with Gasteiger partial charge in [0.1, 0.15) is 0 Å². The second-order valence-corrected chi connectivity index (χ2v) is 9.81. The van der Waals surface area contributed by atoms with E-state index in [0.29, 0.717) is 27.9 Å². The Kier molecular flexibility index (Phi) is 7.11. The first-order valence-electron chi connectivity index (χ1n) is 9.54. The number of aromatic nitrogens is 3.